The molecule has 1 heterocycles. The van der Waals surface area contributed by atoms with E-state index >= 15 is 0 Å². The lowest BCUT2D eigenvalue weighted by Gasteiger charge is -2.21. The van der Waals surface area contributed by atoms with Crippen LogP contribution in [0.25, 0.3) is 0 Å². The number of esters is 1. The molecule has 0 atom stereocenters. The fourth-order valence-corrected chi connectivity index (χ4v) is 1.52. The smallest absolute Gasteiger partial charge is 0.358 e. The highest BCUT2D eigenvalue weighted by Crippen LogP contribution is 2.11. The SMILES string of the molecule is CCCCN(CC(N)=O)c1cncc(C(=O)OC)n1. The molecule has 1 rings (SSSR count). The second-order valence-electron chi connectivity index (χ2n) is 4.00. The largest absolute Gasteiger partial charge is 0.464 e. The summed E-state index contributed by atoms with van der Waals surface area (Å²) in [5.74, 6) is -0.583. The molecule has 1 amide bonds. The number of anilines is 1. The van der Waals surface area contributed by atoms with E-state index < -0.39 is 11.9 Å². The summed E-state index contributed by atoms with van der Waals surface area (Å²) in [5.41, 5.74) is 5.31. The molecule has 19 heavy (non-hydrogen) atoms. The summed E-state index contributed by atoms with van der Waals surface area (Å²) in [4.78, 5) is 32.2. The van der Waals surface area contributed by atoms with Gasteiger partial charge in [-0.2, -0.15) is 0 Å². The molecular weight excluding hydrogens is 248 g/mol. The number of aromatic nitrogens is 2. The van der Waals surface area contributed by atoms with E-state index in [9.17, 15) is 9.59 Å². The van der Waals surface area contributed by atoms with Crippen molar-refractivity contribution in [1.82, 2.24) is 9.97 Å². The average Bonchev–Trinajstić information content (AvgIpc) is 2.42. The molecule has 0 bridgehead atoms. The minimum atomic E-state index is -0.566. The first-order chi connectivity index (χ1) is 9.08. The first kappa shape index (κ1) is 14.9. The Morgan fingerprint density at radius 3 is 2.74 bits per heavy atom. The molecule has 0 unspecified atom stereocenters. The van der Waals surface area contributed by atoms with E-state index in [-0.39, 0.29) is 12.2 Å². The third-order valence-electron chi connectivity index (χ3n) is 2.47. The maximum absolute atomic E-state index is 11.4. The van der Waals surface area contributed by atoms with Crippen LogP contribution in [-0.2, 0) is 9.53 Å². The van der Waals surface area contributed by atoms with Gasteiger partial charge in [-0.1, -0.05) is 13.3 Å². The molecule has 0 saturated heterocycles. The number of methoxy groups -OCH3 is 1. The first-order valence-corrected chi connectivity index (χ1v) is 6.02. The van der Waals surface area contributed by atoms with Crippen LogP contribution in [0, 0.1) is 0 Å². The number of nitrogens with two attached hydrogens (primary N) is 1. The Labute approximate surface area is 111 Å². The van der Waals surface area contributed by atoms with Crippen LogP contribution in [-0.4, -0.2) is 42.0 Å². The Hall–Kier alpha value is -2.18. The number of amides is 1. The molecule has 0 aliphatic carbocycles. The highest BCUT2D eigenvalue weighted by Gasteiger charge is 2.14. The van der Waals surface area contributed by atoms with Gasteiger partial charge in [-0.15, -0.1) is 0 Å². The Kier molecular flexibility index (Phi) is 5.72. The van der Waals surface area contributed by atoms with Crippen LogP contribution in [0.15, 0.2) is 12.4 Å². The van der Waals surface area contributed by atoms with E-state index in [0.29, 0.717) is 12.4 Å². The van der Waals surface area contributed by atoms with Gasteiger partial charge in [-0.05, 0) is 6.42 Å². The first-order valence-electron chi connectivity index (χ1n) is 6.02. The normalized spacial score (nSPS) is 10.0. The van der Waals surface area contributed by atoms with Gasteiger partial charge in [0.05, 0.1) is 26.0 Å². The average molecular weight is 266 g/mol. The predicted octanol–water partition coefficient (Wildman–Crippen LogP) is 0.355. The van der Waals surface area contributed by atoms with E-state index in [1.807, 2.05) is 6.92 Å². The minimum Gasteiger partial charge on any atom is -0.464 e. The third-order valence-corrected chi connectivity index (χ3v) is 2.47. The molecule has 104 valence electrons. The lowest BCUT2D eigenvalue weighted by atomic mass is 10.3. The topological polar surface area (TPSA) is 98.4 Å². The number of rotatable bonds is 7. The number of carbonyl (C=O) groups is 2. The molecule has 0 aliphatic rings. The van der Waals surface area contributed by atoms with Crippen LogP contribution in [0.3, 0.4) is 0 Å². The third kappa shape index (κ3) is 4.53. The zero-order valence-corrected chi connectivity index (χ0v) is 11.1. The van der Waals surface area contributed by atoms with E-state index in [0.717, 1.165) is 12.8 Å². The summed E-state index contributed by atoms with van der Waals surface area (Å²) < 4.78 is 4.58. The van der Waals surface area contributed by atoms with Crippen molar-refractivity contribution in [2.24, 2.45) is 5.73 Å². The lowest BCUT2D eigenvalue weighted by molar-refractivity contribution is -0.116. The van der Waals surface area contributed by atoms with Gasteiger partial charge < -0.3 is 15.4 Å². The van der Waals surface area contributed by atoms with Crippen molar-refractivity contribution >= 4 is 17.7 Å². The van der Waals surface area contributed by atoms with Gasteiger partial charge in [-0.3, -0.25) is 9.78 Å². The summed E-state index contributed by atoms with van der Waals surface area (Å²) in [6.07, 6.45) is 4.67. The predicted molar refractivity (Wildman–Crippen MR) is 69.7 cm³/mol. The molecule has 7 heteroatoms. The lowest BCUT2D eigenvalue weighted by Crippen LogP contribution is -2.35. The van der Waals surface area contributed by atoms with Crippen LogP contribution in [0.4, 0.5) is 5.82 Å². The maximum atomic E-state index is 11.4. The molecule has 1 aromatic rings. The molecule has 0 spiro atoms. The van der Waals surface area contributed by atoms with Crippen molar-refractivity contribution < 1.29 is 14.3 Å². The molecule has 0 radical (unpaired) electrons. The summed E-state index contributed by atoms with van der Waals surface area (Å²) in [6.45, 7) is 2.71. The van der Waals surface area contributed by atoms with Gasteiger partial charge in [0.15, 0.2) is 5.69 Å². The maximum Gasteiger partial charge on any atom is 0.358 e. The van der Waals surface area contributed by atoms with Gasteiger partial charge in [0.2, 0.25) is 5.91 Å². The van der Waals surface area contributed by atoms with Gasteiger partial charge in [0.25, 0.3) is 0 Å². The highest BCUT2D eigenvalue weighted by atomic mass is 16.5. The Morgan fingerprint density at radius 2 is 2.16 bits per heavy atom. The minimum absolute atomic E-state index is 0.0410. The molecule has 7 nitrogen and oxygen atoms in total. The van der Waals surface area contributed by atoms with Crippen molar-refractivity contribution in [3.8, 4) is 0 Å². The van der Waals surface area contributed by atoms with Crippen molar-refractivity contribution in [3.63, 3.8) is 0 Å². The number of ether oxygens (including phenoxy) is 1. The van der Waals surface area contributed by atoms with Crippen molar-refractivity contribution in [1.29, 1.82) is 0 Å². The molecule has 1 aromatic heterocycles. The van der Waals surface area contributed by atoms with Crippen LogP contribution in [0.5, 0.6) is 0 Å². The van der Waals surface area contributed by atoms with Gasteiger partial charge in [0, 0.05) is 6.54 Å². The molecule has 0 saturated carbocycles. The van der Waals surface area contributed by atoms with Crippen molar-refractivity contribution in [2.75, 3.05) is 25.1 Å². The fraction of sp³-hybridized carbons (Fsp3) is 0.500. The van der Waals surface area contributed by atoms with Crippen LogP contribution < -0.4 is 10.6 Å². The summed E-state index contributed by atoms with van der Waals surface area (Å²) >= 11 is 0. The molecule has 2 N–H and O–H groups in total. The summed E-state index contributed by atoms with van der Waals surface area (Å²) in [5, 5.41) is 0. The molecule has 0 aliphatic heterocycles. The summed E-state index contributed by atoms with van der Waals surface area (Å²) in [7, 11) is 1.27. The molecule has 0 aromatic carbocycles. The highest BCUT2D eigenvalue weighted by molar-refractivity contribution is 5.87. The number of unbranched alkanes of at least 4 members (excludes halogenated alkanes) is 1. The quantitative estimate of drug-likeness (QED) is 0.715. The van der Waals surface area contributed by atoms with Gasteiger partial charge >= 0.3 is 5.97 Å². The number of primary amides is 1. The summed E-state index contributed by atoms with van der Waals surface area (Å²) in [6, 6.07) is 0. The molecule has 0 fully saturated rings. The Morgan fingerprint density at radius 1 is 1.42 bits per heavy atom. The van der Waals surface area contributed by atoms with Gasteiger partial charge in [-0.25, -0.2) is 9.78 Å². The van der Waals surface area contributed by atoms with Crippen LogP contribution in [0.2, 0.25) is 0 Å². The van der Waals surface area contributed by atoms with Gasteiger partial charge in [0.1, 0.15) is 5.82 Å². The number of hydrogen-bond donors (Lipinski definition) is 1. The fourth-order valence-electron chi connectivity index (χ4n) is 1.52. The number of hydrogen-bond acceptors (Lipinski definition) is 6. The van der Waals surface area contributed by atoms with E-state index in [1.54, 1.807) is 4.90 Å². The van der Waals surface area contributed by atoms with E-state index in [2.05, 4.69) is 14.7 Å². The van der Waals surface area contributed by atoms with E-state index in [1.165, 1.54) is 19.5 Å². The van der Waals surface area contributed by atoms with E-state index in [4.69, 9.17) is 5.73 Å². The Bertz CT molecular complexity index is 450. The van der Waals surface area contributed by atoms with Crippen molar-refractivity contribution in [3.05, 3.63) is 18.1 Å². The van der Waals surface area contributed by atoms with Crippen LogP contribution >= 0.6 is 0 Å². The number of nitrogens with zero attached hydrogens (tertiary/aromatic N) is 3. The standard InChI is InChI=1S/C12H18N4O3/c1-3-4-5-16(8-10(13)17)11-7-14-6-9(15-11)12(18)19-2/h6-7H,3-5,8H2,1-2H3,(H2,13,17). The second-order valence-corrected chi connectivity index (χ2v) is 4.00. The van der Waals surface area contributed by atoms with Crippen LogP contribution in [0.1, 0.15) is 30.3 Å². The van der Waals surface area contributed by atoms with Crippen molar-refractivity contribution in [2.45, 2.75) is 19.8 Å². The monoisotopic (exact) mass is 266 g/mol. The zero-order chi connectivity index (χ0) is 14.3. The Balaban J connectivity index is 2.94. The molecular formula is C12H18N4O3. The second kappa shape index (κ2) is 7.30. The zero-order valence-electron chi connectivity index (χ0n) is 11.1. The number of carbonyl (C=O) groups excluding carboxylic acids is 2.